The molecule has 12 heavy (non-hydrogen) atoms. The third kappa shape index (κ3) is 0.964. The fourth-order valence-electron chi connectivity index (χ4n) is 1.25. The molecular formula is C6H8N4O2. The highest BCUT2D eigenvalue weighted by atomic mass is 16.6. The fourth-order valence-corrected chi connectivity index (χ4v) is 1.25. The molecule has 1 heterocycles. The van der Waals surface area contributed by atoms with E-state index >= 15 is 0 Å². The Kier molecular flexibility index (Phi) is 1.37. The van der Waals surface area contributed by atoms with Gasteiger partial charge in [0.2, 0.25) is 0 Å². The van der Waals surface area contributed by atoms with E-state index in [0.29, 0.717) is 5.69 Å². The molecular weight excluding hydrogens is 160 g/mol. The van der Waals surface area contributed by atoms with Gasteiger partial charge in [-0.25, -0.2) is 0 Å². The van der Waals surface area contributed by atoms with Crippen LogP contribution < -0.4 is 5.73 Å². The number of nitrogens with one attached hydrogen (secondary N) is 1. The van der Waals surface area contributed by atoms with E-state index in [1.807, 2.05) is 0 Å². The molecule has 64 valence electrons. The molecule has 2 rings (SSSR count). The van der Waals surface area contributed by atoms with Gasteiger partial charge in [-0.15, -0.1) is 0 Å². The van der Waals surface area contributed by atoms with Crippen LogP contribution in [0, 0.1) is 10.1 Å². The number of aromatic amines is 1. The molecule has 0 saturated heterocycles. The quantitative estimate of drug-likeness (QED) is 0.484. The van der Waals surface area contributed by atoms with E-state index in [0.717, 1.165) is 6.42 Å². The van der Waals surface area contributed by atoms with Gasteiger partial charge in [-0.05, 0) is 6.42 Å². The summed E-state index contributed by atoms with van der Waals surface area (Å²) in [5.41, 5.74) is 6.17. The first kappa shape index (κ1) is 7.23. The topological polar surface area (TPSA) is 97.8 Å². The lowest BCUT2D eigenvalue weighted by Crippen LogP contribution is -2.02. The lowest BCUT2D eigenvalue weighted by atomic mass is 10.2. The second kappa shape index (κ2) is 2.28. The lowest BCUT2D eigenvalue weighted by Gasteiger charge is -1.91. The maximum atomic E-state index is 10.4. The average molecular weight is 168 g/mol. The van der Waals surface area contributed by atoms with Crippen molar-refractivity contribution >= 4 is 5.69 Å². The molecule has 3 N–H and O–H groups in total. The largest absolute Gasteiger partial charge is 0.327 e. The minimum atomic E-state index is -0.441. The first-order valence-corrected chi connectivity index (χ1v) is 3.63. The Hall–Kier alpha value is -1.43. The predicted octanol–water partition coefficient (Wildman–Crippen LogP) is 0.132. The van der Waals surface area contributed by atoms with Crippen LogP contribution in [-0.4, -0.2) is 21.2 Å². The van der Waals surface area contributed by atoms with Crippen molar-refractivity contribution in [3.8, 4) is 0 Å². The molecule has 0 bridgehead atoms. The van der Waals surface area contributed by atoms with Crippen molar-refractivity contribution in [2.24, 2.45) is 5.73 Å². The van der Waals surface area contributed by atoms with Crippen molar-refractivity contribution < 1.29 is 4.92 Å². The van der Waals surface area contributed by atoms with Gasteiger partial charge in [0.15, 0.2) is 0 Å². The maximum Gasteiger partial charge on any atom is 0.310 e. The van der Waals surface area contributed by atoms with Crippen molar-refractivity contribution in [3.63, 3.8) is 0 Å². The number of rotatable bonds is 2. The summed E-state index contributed by atoms with van der Waals surface area (Å²) < 4.78 is 0. The molecule has 0 amide bonds. The van der Waals surface area contributed by atoms with Crippen LogP contribution >= 0.6 is 0 Å². The Morgan fingerprint density at radius 2 is 2.50 bits per heavy atom. The molecule has 1 saturated carbocycles. The van der Waals surface area contributed by atoms with E-state index in [9.17, 15) is 10.1 Å². The number of aromatic nitrogens is 2. The first-order valence-electron chi connectivity index (χ1n) is 3.63. The monoisotopic (exact) mass is 168 g/mol. The highest BCUT2D eigenvalue weighted by Gasteiger charge is 2.40. The zero-order valence-corrected chi connectivity index (χ0v) is 6.23. The van der Waals surface area contributed by atoms with Crippen LogP contribution in [0.1, 0.15) is 18.0 Å². The summed E-state index contributed by atoms with van der Waals surface area (Å²) >= 11 is 0. The Bertz CT molecular complexity index is 321. The number of nitrogens with two attached hydrogens (primary N) is 1. The standard InChI is InChI=1S/C6H8N4O2/c7-4-1-3(4)6-5(10(11)12)2-8-9-6/h2-4H,1,7H2,(H,8,9)/t3-,4-/m1/s1. The van der Waals surface area contributed by atoms with Gasteiger partial charge in [-0.3, -0.25) is 15.2 Å². The molecule has 1 aromatic heterocycles. The zero-order valence-electron chi connectivity index (χ0n) is 6.23. The van der Waals surface area contributed by atoms with Gasteiger partial charge >= 0.3 is 5.69 Å². The third-order valence-electron chi connectivity index (χ3n) is 2.06. The Morgan fingerprint density at radius 1 is 1.83 bits per heavy atom. The van der Waals surface area contributed by atoms with Crippen LogP contribution in [-0.2, 0) is 0 Å². The normalized spacial score (nSPS) is 27.1. The summed E-state index contributed by atoms with van der Waals surface area (Å²) in [5, 5.41) is 16.7. The average Bonchev–Trinajstić information content (AvgIpc) is 2.58. The molecule has 0 unspecified atom stereocenters. The highest BCUT2D eigenvalue weighted by molar-refractivity contribution is 5.38. The maximum absolute atomic E-state index is 10.4. The highest BCUT2D eigenvalue weighted by Crippen LogP contribution is 2.41. The Morgan fingerprint density at radius 3 is 3.00 bits per heavy atom. The van der Waals surface area contributed by atoms with Gasteiger partial charge < -0.3 is 5.73 Å². The minimum Gasteiger partial charge on any atom is -0.327 e. The van der Waals surface area contributed by atoms with E-state index in [1.165, 1.54) is 6.20 Å². The van der Waals surface area contributed by atoms with Crippen molar-refractivity contribution in [2.75, 3.05) is 0 Å². The van der Waals surface area contributed by atoms with Crippen molar-refractivity contribution in [1.29, 1.82) is 0 Å². The van der Waals surface area contributed by atoms with E-state index in [1.54, 1.807) is 0 Å². The summed E-state index contributed by atoms with van der Waals surface area (Å²) in [6.45, 7) is 0. The smallest absolute Gasteiger partial charge is 0.310 e. The van der Waals surface area contributed by atoms with Crippen molar-refractivity contribution in [2.45, 2.75) is 18.4 Å². The van der Waals surface area contributed by atoms with Gasteiger partial charge in [0.05, 0.1) is 4.92 Å². The summed E-state index contributed by atoms with van der Waals surface area (Å²) in [7, 11) is 0. The molecule has 1 fully saturated rings. The SMILES string of the molecule is N[C@@H]1C[C@H]1c1[nH]ncc1[N+](=O)[O-]. The summed E-state index contributed by atoms with van der Waals surface area (Å²) in [6, 6.07) is 0.0594. The van der Waals surface area contributed by atoms with Crippen LogP contribution in [0.5, 0.6) is 0 Å². The lowest BCUT2D eigenvalue weighted by molar-refractivity contribution is -0.385. The summed E-state index contributed by atoms with van der Waals surface area (Å²) in [4.78, 5) is 9.99. The Labute approximate surface area is 67.9 Å². The molecule has 0 aromatic carbocycles. The van der Waals surface area contributed by atoms with Crippen LogP contribution in [0.4, 0.5) is 5.69 Å². The fraction of sp³-hybridized carbons (Fsp3) is 0.500. The van der Waals surface area contributed by atoms with Gasteiger partial charge in [0.1, 0.15) is 11.9 Å². The van der Waals surface area contributed by atoms with E-state index in [2.05, 4.69) is 10.2 Å². The second-order valence-corrected chi connectivity index (χ2v) is 2.93. The molecule has 6 heteroatoms. The van der Waals surface area contributed by atoms with E-state index in [4.69, 9.17) is 5.73 Å². The number of hydrogen-bond acceptors (Lipinski definition) is 4. The first-order chi connectivity index (χ1) is 5.70. The third-order valence-corrected chi connectivity index (χ3v) is 2.06. The van der Waals surface area contributed by atoms with Gasteiger partial charge in [0.25, 0.3) is 0 Å². The molecule has 0 radical (unpaired) electrons. The van der Waals surface area contributed by atoms with Crippen LogP contribution in [0.25, 0.3) is 0 Å². The van der Waals surface area contributed by atoms with Crippen LogP contribution in [0.3, 0.4) is 0 Å². The molecule has 0 spiro atoms. The molecule has 6 nitrogen and oxygen atoms in total. The van der Waals surface area contributed by atoms with Gasteiger partial charge in [-0.2, -0.15) is 5.10 Å². The predicted molar refractivity (Wildman–Crippen MR) is 40.6 cm³/mol. The second-order valence-electron chi connectivity index (χ2n) is 2.93. The van der Waals surface area contributed by atoms with E-state index < -0.39 is 4.92 Å². The van der Waals surface area contributed by atoms with Gasteiger partial charge in [-0.1, -0.05) is 0 Å². The Balaban J connectivity index is 2.31. The number of hydrogen-bond donors (Lipinski definition) is 2. The molecule has 1 aromatic rings. The number of H-pyrrole nitrogens is 1. The minimum absolute atomic E-state index is 0.0490. The van der Waals surface area contributed by atoms with Gasteiger partial charge in [0, 0.05) is 12.0 Å². The molecule has 1 aliphatic rings. The van der Waals surface area contributed by atoms with Crippen molar-refractivity contribution in [3.05, 3.63) is 22.0 Å². The van der Waals surface area contributed by atoms with Crippen LogP contribution in [0.2, 0.25) is 0 Å². The molecule has 2 atom stereocenters. The van der Waals surface area contributed by atoms with Crippen molar-refractivity contribution in [1.82, 2.24) is 10.2 Å². The summed E-state index contributed by atoms with van der Waals surface area (Å²) in [5.74, 6) is 0.105. The number of nitrogens with zero attached hydrogens (tertiary/aromatic N) is 2. The molecule has 1 aliphatic carbocycles. The summed E-state index contributed by atoms with van der Waals surface area (Å²) in [6.07, 6.45) is 2.03. The van der Waals surface area contributed by atoms with Crippen LogP contribution in [0.15, 0.2) is 6.20 Å². The number of nitro groups is 1. The van der Waals surface area contributed by atoms with E-state index in [-0.39, 0.29) is 17.6 Å². The molecule has 0 aliphatic heterocycles. The zero-order chi connectivity index (χ0) is 8.72.